The second-order valence-electron chi connectivity index (χ2n) is 5.55. The molecule has 1 aliphatic rings. The lowest BCUT2D eigenvalue weighted by molar-refractivity contribution is -0.137. The zero-order valence-electron chi connectivity index (χ0n) is 12.5. The van der Waals surface area contributed by atoms with E-state index in [1.54, 1.807) is 6.20 Å². The summed E-state index contributed by atoms with van der Waals surface area (Å²) in [6.07, 6.45) is 8.64. The van der Waals surface area contributed by atoms with Crippen molar-refractivity contribution in [3.05, 3.63) is 29.6 Å². The molecule has 21 heavy (non-hydrogen) atoms. The van der Waals surface area contributed by atoms with Crippen molar-refractivity contribution in [1.29, 1.82) is 0 Å². The summed E-state index contributed by atoms with van der Waals surface area (Å²) in [5.41, 5.74) is 2.19. The highest BCUT2D eigenvalue weighted by Gasteiger charge is 2.22. The van der Waals surface area contributed by atoms with Gasteiger partial charge in [-0.2, -0.15) is 0 Å². The summed E-state index contributed by atoms with van der Waals surface area (Å²) >= 11 is 0. The number of unbranched alkanes of at least 4 members (excludes halogenated alkanes) is 2. The van der Waals surface area contributed by atoms with Gasteiger partial charge in [-0.3, -0.25) is 14.7 Å². The van der Waals surface area contributed by atoms with Crippen LogP contribution in [0.5, 0.6) is 0 Å². The monoisotopic (exact) mass is 286 g/mol. The maximum absolute atomic E-state index is 10.4. The van der Waals surface area contributed by atoms with Gasteiger partial charge in [-0.1, -0.05) is 11.8 Å². The molecule has 1 aromatic rings. The molecule has 0 amide bonds. The van der Waals surface area contributed by atoms with Crippen molar-refractivity contribution < 1.29 is 9.90 Å². The van der Waals surface area contributed by atoms with Gasteiger partial charge in [-0.15, -0.1) is 0 Å². The molecule has 0 aliphatic carbocycles. The van der Waals surface area contributed by atoms with Crippen molar-refractivity contribution in [1.82, 2.24) is 9.88 Å². The Morgan fingerprint density at radius 2 is 2.33 bits per heavy atom. The number of rotatable bonds is 5. The lowest BCUT2D eigenvalue weighted by atomic mass is 10.1. The van der Waals surface area contributed by atoms with Crippen molar-refractivity contribution >= 4 is 5.97 Å². The van der Waals surface area contributed by atoms with Crippen LogP contribution in [0.25, 0.3) is 0 Å². The molecule has 2 heterocycles. The van der Waals surface area contributed by atoms with Gasteiger partial charge in [0.15, 0.2) is 0 Å². The zero-order valence-corrected chi connectivity index (χ0v) is 12.5. The number of hydrogen-bond donors (Lipinski definition) is 1. The Kier molecular flexibility index (Phi) is 5.77. The molecule has 0 spiro atoms. The number of aromatic nitrogens is 1. The fraction of sp³-hybridized carbons (Fsp3) is 0.529. The zero-order chi connectivity index (χ0) is 15.1. The molecule has 1 aliphatic heterocycles. The van der Waals surface area contributed by atoms with Crippen molar-refractivity contribution in [2.24, 2.45) is 0 Å². The highest BCUT2D eigenvalue weighted by atomic mass is 16.4. The molecule has 1 fully saturated rings. The summed E-state index contributed by atoms with van der Waals surface area (Å²) in [5, 5.41) is 8.56. The molecule has 4 nitrogen and oxygen atoms in total. The maximum Gasteiger partial charge on any atom is 0.303 e. The minimum absolute atomic E-state index is 0.229. The van der Waals surface area contributed by atoms with Gasteiger partial charge in [0.1, 0.15) is 0 Å². The highest BCUT2D eigenvalue weighted by molar-refractivity contribution is 5.66. The van der Waals surface area contributed by atoms with Crippen LogP contribution >= 0.6 is 0 Å². The predicted octanol–water partition coefficient (Wildman–Crippen LogP) is 2.84. The predicted molar refractivity (Wildman–Crippen MR) is 81.8 cm³/mol. The summed E-state index contributed by atoms with van der Waals surface area (Å²) in [6.45, 7) is 1.14. The summed E-state index contributed by atoms with van der Waals surface area (Å²) < 4.78 is 0. The second-order valence-corrected chi connectivity index (χ2v) is 5.55. The van der Waals surface area contributed by atoms with Crippen LogP contribution in [0.4, 0.5) is 0 Å². The SMILES string of the molecule is CN1CCCC1c1cncc(C#CCCCCC(=O)O)c1. The summed E-state index contributed by atoms with van der Waals surface area (Å²) in [7, 11) is 2.15. The van der Waals surface area contributed by atoms with E-state index in [2.05, 4.69) is 34.8 Å². The largest absolute Gasteiger partial charge is 0.481 e. The van der Waals surface area contributed by atoms with Crippen molar-refractivity contribution in [2.75, 3.05) is 13.6 Å². The van der Waals surface area contributed by atoms with Crippen molar-refractivity contribution in [3.63, 3.8) is 0 Å². The molecule has 2 rings (SSSR count). The Labute approximate surface area is 126 Å². The first kappa shape index (κ1) is 15.5. The minimum Gasteiger partial charge on any atom is -0.481 e. The van der Waals surface area contributed by atoms with E-state index in [4.69, 9.17) is 5.11 Å². The van der Waals surface area contributed by atoms with Crippen LogP contribution in [0.1, 0.15) is 55.7 Å². The average Bonchev–Trinajstić information content (AvgIpc) is 2.89. The number of likely N-dealkylation sites (tertiary alicyclic amines) is 1. The molecule has 1 aromatic heterocycles. The molecule has 0 saturated carbocycles. The molecule has 1 atom stereocenters. The van der Waals surface area contributed by atoms with Gasteiger partial charge in [0, 0.05) is 36.8 Å². The van der Waals surface area contributed by atoms with E-state index in [1.807, 2.05) is 6.20 Å². The van der Waals surface area contributed by atoms with E-state index in [9.17, 15) is 4.79 Å². The van der Waals surface area contributed by atoms with Gasteiger partial charge < -0.3 is 5.11 Å². The van der Waals surface area contributed by atoms with Crippen LogP contribution in [-0.4, -0.2) is 34.6 Å². The van der Waals surface area contributed by atoms with Crippen LogP contribution < -0.4 is 0 Å². The number of hydrogen-bond acceptors (Lipinski definition) is 3. The quantitative estimate of drug-likeness (QED) is 0.668. The molecule has 4 heteroatoms. The Balaban J connectivity index is 1.88. The van der Waals surface area contributed by atoms with E-state index in [1.165, 1.54) is 18.4 Å². The Bertz CT molecular complexity index is 545. The lowest BCUT2D eigenvalue weighted by Gasteiger charge is -2.19. The molecule has 0 bridgehead atoms. The number of carboxylic acids is 1. The highest BCUT2D eigenvalue weighted by Crippen LogP contribution is 2.29. The Morgan fingerprint density at radius 3 is 3.05 bits per heavy atom. The topological polar surface area (TPSA) is 53.4 Å². The standard InChI is InChI=1S/C17H22N2O2/c1-19-10-6-8-16(19)15-11-14(12-18-13-15)7-4-2-3-5-9-17(20)21/h11-13,16H,2-3,5-6,8-10H2,1H3,(H,20,21). The number of nitrogens with zero attached hydrogens (tertiary/aromatic N) is 2. The van der Waals surface area contributed by atoms with Crippen LogP contribution in [-0.2, 0) is 4.79 Å². The van der Waals surface area contributed by atoms with Crippen molar-refractivity contribution in [2.45, 2.75) is 44.6 Å². The molecule has 1 unspecified atom stereocenters. The van der Waals surface area contributed by atoms with Gasteiger partial charge in [0.25, 0.3) is 0 Å². The third kappa shape index (κ3) is 4.87. The van der Waals surface area contributed by atoms with E-state index in [-0.39, 0.29) is 6.42 Å². The van der Waals surface area contributed by atoms with Gasteiger partial charge >= 0.3 is 5.97 Å². The van der Waals surface area contributed by atoms with Crippen LogP contribution in [0.2, 0.25) is 0 Å². The molecular formula is C17H22N2O2. The molecule has 0 aromatic carbocycles. The Morgan fingerprint density at radius 1 is 1.48 bits per heavy atom. The van der Waals surface area contributed by atoms with E-state index < -0.39 is 5.97 Å². The summed E-state index contributed by atoms with van der Waals surface area (Å²) in [6, 6.07) is 2.60. The summed E-state index contributed by atoms with van der Waals surface area (Å²) in [5.74, 6) is 5.51. The number of carboxylic acid groups (broad SMARTS) is 1. The van der Waals surface area contributed by atoms with Crippen LogP contribution in [0.15, 0.2) is 18.5 Å². The first-order valence-electron chi connectivity index (χ1n) is 7.52. The second kappa shape index (κ2) is 7.80. The molecule has 112 valence electrons. The van der Waals surface area contributed by atoms with Crippen molar-refractivity contribution in [3.8, 4) is 11.8 Å². The number of carbonyl (C=O) groups is 1. The summed E-state index contributed by atoms with van der Waals surface area (Å²) in [4.78, 5) is 17.1. The average molecular weight is 286 g/mol. The molecule has 1 saturated heterocycles. The number of pyridine rings is 1. The minimum atomic E-state index is -0.736. The fourth-order valence-corrected chi connectivity index (χ4v) is 2.69. The normalized spacial score (nSPS) is 18.2. The third-order valence-electron chi connectivity index (χ3n) is 3.84. The maximum atomic E-state index is 10.4. The third-order valence-corrected chi connectivity index (χ3v) is 3.84. The van der Waals surface area contributed by atoms with Gasteiger partial charge in [-0.05, 0) is 50.9 Å². The van der Waals surface area contributed by atoms with E-state index in [0.717, 1.165) is 24.9 Å². The molecule has 1 N–H and O–H groups in total. The Hall–Kier alpha value is -1.86. The number of aliphatic carboxylic acids is 1. The fourth-order valence-electron chi connectivity index (χ4n) is 2.69. The first-order valence-corrected chi connectivity index (χ1v) is 7.52. The first-order chi connectivity index (χ1) is 10.2. The van der Waals surface area contributed by atoms with Gasteiger partial charge in [0.05, 0.1) is 0 Å². The molecular weight excluding hydrogens is 264 g/mol. The lowest BCUT2D eigenvalue weighted by Crippen LogP contribution is -2.17. The van der Waals surface area contributed by atoms with E-state index in [0.29, 0.717) is 12.5 Å². The smallest absolute Gasteiger partial charge is 0.303 e. The van der Waals surface area contributed by atoms with Crippen LogP contribution in [0.3, 0.4) is 0 Å². The van der Waals surface area contributed by atoms with Crippen LogP contribution in [0, 0.1) is 11.8 Å². The van der Waals surface area contributed by atoms with E-state index >= 15 is 0 Å². The van der Waals surface area contributed by atoms with Gasteiger partial charge in [0.2, 0.25) is 0 Å². The molecule has 0 radical (unpaired) electrons. The van der Waals surface area contributed by atoms with Gasteiger partial charge in [-0.25, -0.2) is 0 Å².